The Morgan fingerprint density at radius 2 is 1.88 bits per heavy atom. The zero-order valence-electron chi connectivity index (χ0n) is 19.1. The van der Waals surface area contributed by atoms with Gasteiger partial charge in [-0.25, -0.2) is 4.98 Å². The van der Waals surface area contributed by atoms with Gasteiger partial charge < -0.3 is 14.4 Å². The van der Waals surface area contributed by atoms with Gasteiger partial charge in [-0.15, -0.1) is 11.3 Å². The highest BCUT2D eigenvalue weighted by Crippen LogP contribution is 2.27. The van der Waals surface area contributed by atoms with Crippen molar-refractivity contribution in [3.8, 4) is 17.0 Å². The lowest BCUT2D eigenvalue weighted by molar-refractivity contribution is -0.0756. The fourth-order valence-electron chi connectivity index (χ4n) is 4.25. The first-order chi connectivity index (χ1) is 16.4. The highest BCUT2D eigenvalue weighted by Gasteiger charge is 2.29. The Labute approximate surface area is 207 Å². The molecule has 9 heteroatoms. The molecule has 2 atom stereocenters. The minimum absolute atomic E-state index is 0.416. The van der Waals surface area contributed by atoms with Crippen LogP contribution >= 0.6 is 22.9 Å². The summed E-state index contributed by atoms with van der Waals surface area (Å²) in [6.45, 7) is 7.71. The molecule has 2 aromatic heterocycles. The fourth-order valence-corrected chi connectivity index (χ4v) is 5.19. The predicted molar refractivity (Wildman–Crippen MR) is 134 cm³/mol. The lowest BCUT2D eigenvalue weighted by Crippen LogP contribution is -2.55. The molecule has 1 fully saturated rings. The maximum Gasteiger partial charge on any atom is 0.178 e. The molecule has 0 saturated carbocycles. The summed E-state index contributed by atoms with van der Waals surface area (Å²) >= 11 is 7.64. The van der Waals surface area contributed by atoms with Crippen LogP contribution in [0.25, 0.3) is 21.5 Å². The van der Waals surface area contributed by atoms with Crippen LogP contribution < -0.4 is 4.74 Å². The SMILES string of the molecule is Cc1nc2cc(OC([C@@H](C)O)N3CCN(Cc4cc(-c5ccc(Cl)cc5)no4)CC3)ccc2s1. The maximum atomic E-state index is 10.4. The highest BCUT2D eigenvalue weighted by molar-refractivity contribution is 7.18. The van der Waals surface area contributed by atoms with E-state index in [1.165, 1.54) is 0 Å². The van der Waals surface area contributed by atoms with E-state index in [4.69, 9.17) is 20.9 Å². The van der Waals surface area contributed by atoms with Crippen molar-refractivity contribution >= 4 is 33.2 Å². The Bertz CT molecular complexity index is 1250. The molecule has 178 valence electrons. The Hall–Kier alpha value is -2.49. The van der Waals surface area contributed by atoms with Gasteiger partial charge in [-0.3, -0.25) is 9.80 Å². The number of ether oxygens (including phenoxy) is 1. The van der Waals surface area contributed by atoms with Gasteiger partial charge in [-0.2, -0.15) is 0 Å². The third kappa shape index (κ3) is 5.26. The molecule has 5 rings (SSSR count). The summed E-state index contributed by atoms with van der Waals surface area (Å²) in [4.78, 5) is 9.07. The number of thiazole rings is 1. The van der Waals surface area contributed by atoms with Gasteiger partial charge in [0.15, 0.2) is 12.0 Å². The van der Waals surface area contributed by atoms with E-state index in [1.807, 2.05) is 55.5 Å². The van der Waals surface area contributed by atoms with Crippen molar-refractivity contribution in [3.63, 3.8) is 0 Å². The molecule has 0 spiro atoms. The zero-order valence-corrected chi connectivity index (χ0v) is 20.7. The van der Waals surface area contributed by atoms with Gasteiger partial charge in [0, 0.05) is 48.9 Å². The van der Waals surface area contributed by atoms with Crippen LogP contribution in [0.3, 0.4) is 0 Å². The Morgan fingerprint density at radius 3 is 2.62 bits per heavy atom. The molecule has 0 radical (unpaired) electrons. The second-order valence-electron chi connectivity index (χ2n) is 8.61. The molecule has 1 aliphatic heterocycles. The number of benzene rings is 2. The molecule has 1 aliphatic rings. The number of rotatable bonds is 7. The van der Waals surface area contributed by atoms with Gasteiger partial charge in [-0.1, -0.05) is 28.9 Å². The number of hydrogen-bond acceptors (Lipinski definition) is 8. The smallest absolute Gasteiger partial charge is 0.178 e. The van der Waals surface area contributed by atoms with Crippen LogP contribution in [0.1, 0.15) is 17.7 Å². The summed E-state index contributed by atoms with van der Waals surface area (Å²) in [6.07, 6.45) is -1.04. The number of halogens is 1. The molecule has 0 aliphatic carbocycles. The summed E-state index contributed by atoms with van der Waals surface area (Å²) in [5.41, 5.74) is 2.71. The van der Waals surface area contributed by atoms with E-state index >= 15 is 0 Å². The van der Waals surface area contributed by atoms with Crippen molar-refractivity contribution < 1.29 is 14.4 Å². The summed E-state index contributed by atoms with van der Waals surface area (Å²) in [5, 5.41) is 16.4. The van der Waals surface area contributed by atoms with E-state index < -0.39 is 12.3 Å². The maximum absolute atomic E-state index is 10.4. The van der Waals surface area contributed by atoms with Crippen LogP contribution in [0, 0.1) is 6.92 Å². The van der Waals surface area contributed by atoms with E-state index in [1.54, 1.807) is 18.3 Å². The fraction of sp³-hybridized carbons (Fsp3) is 0.360. The quantitative estimate of drug-likeness (QED) is 0.391. The van der Waals surface area contributed by atoms with Gasteiger partial charge in [0.2, 0.25) is 0 Å². The minimum atomic E-state index is -0.629. The summed E-state index contributed by atoms with van der Waals surface area (Å²) < 4.78 is 12.9. The van der Waals surface area contributed by atoms with Crippen LogP contribution in [0.5, 0.6) is 5.75 Å². The molecular weight excluding hydrogens is 472 g/mol. The van der Waals surface area contributed by atoms with Gasteiger partial charge in [0.25, 0.3) is 0 Å². The molecule has 4 aromatic rings. The summed E-state index contributed by atoms with van der Waals surface area (Å²) in [6, 6.07) is 15.5. The monoisotopic (exact) mass is 498 g/mol. The van der Waals surface area contributed by atoms with Gasteiger partial charge >= 0.3 is 0 Å². The van der Waals surface area contributed by atoms with Crippen molar-refractivity contribution in [2.75, 3.05) is 26.2 Å². The van der Waals surface area contributed by atoms with E-state index in [9.17, 15) is 5.11 Å². The number of nitrogens with zero attached hydrogens (tertiary/aromatic N) is 4. The molecule has 0 bridgehead atoms. The van der Waals surface area contributed by atoms with Gasteiger partial charge in [0.05, 0.1) is 21.8 Å². The van der Waals surface area contributed by atoms with Crippen molar-refractivity contribution in [2.45, 2.75) is 32.7 Å². The first-order valence-electron chi connectivity index (χ1n) is 11.3. The number of aliphatic hydroxyl groups excluding tert-OH is 1. The minimum Gasteiger partial charge on any atom is -0.472 e. The Morgan fingerprint density at radius 1 is 1.12 bits per heavy atom. The van der Waals surface area contributed by atoms with E-state index in [2.05, 4.69) is 19.9 Å². The molecule has 2 aromatic carbocycles. The first-order valence-corrected chi connectivity index (χ1v) is 12.5. The molecule has 7 nitrogen and oxygen atoms in total. The van der Waals surface area contributed by atoms with E-state index in [0.29, 0.717) is 11.6 Å². The second kappa shape index (κ2) is 10.0. The van der Waals surface area contributed by atoms with Crippen LogP contribution in [-0.4, -0.2) is 63.6 Å². The number of piperazine rings is 1. The van der Waals surface area contributed by atoms with Crippen molar-refractivity contribution in [1.82, 2.24) is 19.9 Å². The third-order valence-electron chi connectivity index (χ3n) is 5.98. The lowest BCUT2D eigenvalue weighted by atomic mass is 10.1. The highest BCUT2D eigenvalue weighted by atomic mass is 35.5. The Balaban J connectivity index is 1.19. The van der Waals surface area contributed by atoms with Crippen LogP contribution in [0.2, 0.25) is 5.02 Å². The largest absolute Gasteiger partial charge is 0.472 e. The summed E-state index contributed by atoms with van der Waals surface area (Å²) in [7, 11) is 0. The average molecular weight is 499 g/mol. The second-order valence-corrected chi connectivity index (χ2v) is 10.3. The number of hydrogen-bond donors (Lipinski definition) is 1. The molecule has 1 saturated heterocycles. The van der Waals surface area contributed by atoms with Crippen molar-refractivity contribution in [3.05, 3.63) is 64.3 Å². The topological polar surface area (TPSA) is 74.9 Å². The van der Waals surface area contributed by atoms with Crippen molar-refractivity contribution in [2.24, 2.45) is 0 Å². The molecular formula is C25H27ClN4O3S. The zero-order chi connectivity index (χ0) is 23.7. The number of aromatic nitrogens is 2. The molecule has 34 heavy (non-hydrogen) atoms. The van der Waals surface area contributed by atoms with Crippen molar-refractivity contribution in [1.29, 1.82) is 0 Å². The Kier molecular flexibility index (Phi) is 6.85. The lowest BCUT2D eigenvalue weighted by Gasteiger charge is -2.39. The van der Waals surface area contributed by atoms with Crippen LogP contribution in [0.15, 0.2) is 53.1 Å². The standard InChI is InChI=1S/C25H27ClN4O3S/c1-16(31)25(32-20-7-8-24-23(13-20)27-17(2)34-24)30-11-9-29(10-12-30)15-21-14-22(28-33-21)18-3-5-19(26)6-4-18/h3-8,13-14,16,25,31H,9-12,15H2,1-2H3/t16-,25?/m1/s1. The van der Waals surface area contributed by atoms with E-state index in [0.717, 1.165) is 64.2 Å². The molecule has 1 unspecified atom stereocenters. The number of fused-ring (bicyclic) bond motifs is 1. The molecule has 0 amide bonds. The molecule has 1 N–H and O–H groups in total. The van der Waals surface area contributed by atoms with Crippen LogP contribution in [-0.2, 0) is 6.54 Å². The van der Waals surface area contributed by atoms with Gasteiger partial charge in [0.1, 0.15) is 17.5 Å². The first kappa shape index (κ1) is 23.3. The average Bonchev–Trinajstić information content (AvgIpc) is 3.43. The van der Waals surface area contributed by atoms with Gasteiger partial charge in [-0.05, 0) is 38.1 Å². The number of aliphatic hydroxyl groups is 1. The van der Waals surface area contributed by atoms with Crippen LogP contribution in [0.4, 0.5) is 0 Å². The number of aryl methyl sites for hydroxylation is 1. The molecule has 3 heterocycles. The predicted octanol–water partition coefficient (Wildman–Crippen LogP) is 4.82. The third-order valence-corrected chi connectivity index (χ3v) is 7.18. The normalized spacial score (nSPS) is 17.2. The summed E-state index contributed by atoms with van der Waals surface area (Å²) in [5.74, 6) is 1.55. The van der Waals surface area contributed by atoms with E-state index in [-0.39, 0.29) is 0 Å².